The molecule has 0 rings (SSSR count). The number of halogens is 1. The molecule has 90 valence electrons. The van der Waals surface area contributed by atoms with E-state index in [4.69, 9.17) is 0 Å². The first-order chi connectivity index (χ1) is 6.16. The molecule has 0 radical (unpaired) electrons. The number of nitrogens with one attached hydrogen (secondary N) is 1. The number of rotatable bonds is 4. The van der Waals surface area contributed by atoms with Crippen molar-refractivity contribution in [1.29, 1.82) is 0 Å². The van der Waals surface area contributed by atoms with E-state index in [-0.39, 0.29) is 23.7 Å². The van der Waals surface area contributed by atoms with Gasteiger partial charge >= 0.3 is 0 Å². The highest BCUT2D eigenvalue weighted by atomic mass is 35.5. The SMILES string of the molecule is C=CC(=O)NC[N+](C)(C)CC(C)(C)C.[Cl-]. The minimum Gasteiger partial charge on any atom is -1.00 e. The first kappa shape index (κ1) is 16.9. The first-order valence-electron chi connectivity index (χ1n) is 4.89. The number of hydrogen-bond acceptors (Lipinski definition) is 1. The summed E-state index contributed by atoms with van der Waals surface area (Å²) in [6.07, 6.45) is 1.30. The second kappa shape index (κ2) is 6.13. The molecule has 0 saturated carbocycles. The van der Waals surface area contributed by atoms with Crippen LogP contribution in [0.4, 0.5) is 0 Å². The van der Waals surface area contributed by atoms with E-state index in [1.807, 2.05) is 0 Å². The van der Waals surface area contributed by atoms with Crippen LogP contribution in [0.15, 0.2) is 12.7 Å². The zero-order chi connectivity index (χ0) is 11.4. The molecular weight excluding hydrogens is 212 g/mol. The van der Waals surface area contributed by atoms with Crippen LogP contribution in [-0.2, 0) is 4.79 Å². The van der Waals surface area contributed by atoms with Crippen LogP contribution in [0.3, 0.4) is 0 Å². The largest absolute Gasteiger partial charge is 1.00 e. The Kier molecular flexibility index (Phi) is 6.90. The maximum absolute atomic E-state index is 11.0. The maximum atomic E-state index is 11.0. The van der Waals surface area contributed by atoms with Crippen molar-refractivity contribution in [1.82, 2.24) is 5.32 Å². The summed E-state index contributed by atoms with van der Waals surface area (Å²) in [5.41, 5.74) is 0.266. The third-order valence-electron chi connectivity index (χ3n) is 1.77. The summed E-state index contributed by atoms with van der Waals surface area (Å²) >= 11 is 0. The molecule has 0 unspecified atom stereocenters. The molecule has 3 nitrogen and oxygen atoms in total. The van der Waals surface area contributed by atoms with Gasteiger partial charge in [0.05, 0.1) is 20.6 Å². The van der Waals surface area contributed by atoms with Gasteiger partial charge in [-0.3, -0.25) is 4.79 Å². The van der Waals surface area contributed by atoms with Gasteiger partial charge in [-0.15, -0.1) is 0 Å². The third kappa shape index (κ3) is 9.76. The zero-order valence-electron chi connectivity index (χ0n) is 10.4. The minimum absolute atomic E-state index is 0. The van der Waals surface area contributed by atoms with Crippen molar-refractivity contribution < 1.29 is 21.7 Å². The molecule has 0 aliphatic rings. The summed E-state index contributed by atoms with van der Waals surface area (Å²) in [6, 6.07) is 0. The van der Waals surface area contributed by atoms with Crippen molar-refractivity contribution in [3.8, 4) is 0 Å². The van der Waals surface area contributed by atoms with Gasteiger partial charge in [-0.05, 0) is 6.08 Å². The smallest absolute Gasteiger partial charge is 0.247 e. The molecule has 0 atom stereocenters. The van der Waals surface area contributed by atoms with Crippen LogP contribution in [0, 0.1) is 5.41 Å². The lowest BCUT2D eigenvalue weighted by molar-refractivity contribution is -0.898. The van der Waals surface area contributed by atoms with Gasteiger partial charge in [0.15, 0.2) is 6.67 Å². The van der Waals surface area contributed by atoms with Gasteiger partial charge < -0.3 is 22.2 Å². The fourth-order valence-corrected chi connectivity index (χ4v) is 1.70. The summed E-state index contributed by atoms with van der Waals surface area (Å²) < 4.78 is 0.781. The Balaban J connectivity index is 0. The van der Waals surface area contributed by atoms with Crippen LogP contribution >= 0.6 is 0 Å². The van der Waals surface area contributed by atoms with Crippen molar-refractivity contribution in [3.63, 3.8) is 0 Å². The van der Waals surface area contributed by atoms with E-state index in [0.717, 1.165) is 11.0 Å². The molecule has 0 bridgehead atoms. The number of carbonyl (C=O) groups excluding carboxylic acids is 1. The van der Waals surface area contributed by atoms with Gasteiger partial charge in [0.25, 0.3) is 0 Å². The Morgan fingerprint density at radius 2 is 1.87 bits per heavy atom. The standard InChI is InChI=1S/C11H22N2O.ClH/c1-7-10(14)12-9-13(5,6)8-11(2,3)4;/h7H,1,8-9H2,2-6H3;1H. The van der Waals surface area contributed by atoms with Crippen molar-refractivity contribution >= 4 is 5.91 Å². The molecule has 1 amide bonds. The summed E-state index contributed by atoms with van der Waals surface area (Å²) in [5.74, 6) is -0.106. The van der Waals surface area contributed by atoms with Gasteiger partial charge in [0, 0.05) is 5.41 Å². The monoisotopic (exact) mass is 234 g/mol. The number of nitrogens with zero attached hydrogens (tertiary/aromatic N) is 1. The van der Waals surface area contributed by atoms with Crippen LogP contribution in [-0.4, -0.2) is 37.7 Å². The predicted molar refractivity (Wildman–Crippen MR) is 59.6 cm³/mol. The van der Waals surface area contributed by atoms with E-state index < -0.39 is 0 Å². The summed E-state index contributed by atoms with van der Waals surface area (Å²) in [5, 5.41) is 2.81. The topological polar surface area (TPSA) is 29.1 Å². The molecule has 0 aliphatic carbocycles. The highest BCUT2D eigenvalue weighted by Crippen LogP contribution is 2.17. The molecule has 0 spiro atoms. The number of carbonyl (C=O) groups is 1. The molecule has 0 aromatic carbocycles. The normalized spacial score (nSPS) is 11.5. The van der Waals surface area contributed by atoms with E-state index in [0.29, 0.717) is 6.67 Å². The van der Waals surface area contributed by atoms with Crippen molar-refractivity contribution in [3.05, 3.63) is 12.7 Å². The number of amides is 1. The molecule has 1 N–H and O–H groups in total. The highest BCUT2D eigenvalue weighted by Gasteiger charge is 2.24. The first-order valence-corrected chi connectivity index (χ1v) is 4.89. The van der Waals surface area contributed by atoms with E-state index in [1.54, 1.807) is 0 Å². The molecule has 15 heavy (non-hydrogen) atoms. The Labute approximate surface area is 99.5 Å². The number of hydrogen-bond donors (Lipinski definition) is 1. The Bertz CT molecular complexity index is 219. The Morgan fingerprint density at radius 1 is 1.40 bits per heavy atom. The highest BCUT2D eigenvalue weighted by molar-refractivity contribution is 5.86. The van der Waals surface area contributed by atoms with Crippen molar-refractivity contribution in [2.24, 2.45) is 5.41 Å². The maximum Gasteiger partial charge on any atom is 0.247 e. The lowest BCUT2D eigenvalue weighted by Crippen LogP contribution is -3.00. The summed E-state index contributed by atoms with van der Waals surface area (Å²) in [7, 11) is 4.21. The van der Waals surface area contributed by atoms with Crippen molar-refractivity contribution in [2.75, 3.05) is 27.3 Å². The minimum atomic E-state index is -0.106. The summed E-state index contributed by atoms with van der Waals surface area (Å²) in [4.78, 5) is 11.0. The average molecular weight is 235 g/mol. The van der Waals surface area contributed by atoms with Gasteiger partial charge in [-0.2, -0.15) is 0 Å². The van der Waals surface area contributed by atoms with E-state index >= 15 is 0 Å². The molecular formula is C11H23ClN2O. The van der Waals surface area contributed by atoms with Gasteiger partial charge in [-0.25, -0.2) is 0 Å². The fraction of sp³-hybridized carbons (Fsp3) is 0.727. The second-order valence-electron chi connectivity index (χ2n) is 5.56. The molecule has 0 saturated heterocycles. The predicted octanol–water partition coefficient (Wildman–Crippen LogP) is -1.63. The fourth-order valence-electron chi connectivity index (χ4n) is 1.70. The Hall–Kier alpha value is -0.540. The van der Waals surface area contributed by atoms with E-state index in [2.05, 4.69) is 46.8 Å². The van der Waals surface area contributed by atoms with Gasteiger partial charge in [0.2, 0.25) is 5.91 Å². The molecule has 0 aromatic heterocycles. The second-order valence-corrected chi connectivity index (χ2v) is 5.56. The summed E-state index contributed by atoms with van der Waals surface area (Å²) in [6.45, 7) is 11.7. The van der Waals surface area contributed by atoms with Crippen LogP contribution in [0.2, 0.25) is 0 Å². The van der Waals surface area contributed by atoms with Crippen LogP contribution < -0.4 is 17.7 Å². The molecule has 4 heteroatoms. The Morgan fingerprint density at radius 3 is 2.20 bits per heavy atom. The van der Waals surface area contributed by atoms with Crippen molar-refractivity contribution in [2.45, 2.75) is 20.8 Å². The quantitative estimate of drug-likeness (QED) is 0.354. The van der Waals surface area contributed by atoms with E-state index in [9.17, 15) is 4.79 Å². The number of quaternary nitrogens is 1. The van der Waals surface area contributed by atoms with Crippen LogP contribution in [0.5, 0.6) is 0 Å². The zero-order valence-corrected chi connectivity index (χ0v) is 11.2. The molecule has 0 aromatic rings. The lowest BCUT2D eigenvalue weighted by Gasteiger charge is -2.35. The van der Waals surface area contributed by atoms with E-state index in [1.165, 1.54) is 6.08 Å². The average Bonchev–Trinajstić information content (AvgIpc) is 1.96. The lowest BCUT2D eigenvalue weighted by atomic mass is 9.95. The van der Waals surface area contributed by atoms with Gasteiger partial charge in [-0.1, -0.05) is 27.4 Å². The molecule has 0 fully saturated rings. The van der Waals surface area contributed by atoms with Crippen LogP contribution in [0.25, 0.3) is 0 Å². The molecule has 0 aliphatic heterocycles. The van der Waals surface area contributed by atoms with Crippen LogP contribution in [0.1, 0.15) is 20.8 Å². The van der Waals surface area contributed by atoms with Gasteiger partial charge in [0.1, 0.15) is 0 Å². The third-order valence-corrected chi connectivity index (χ3v) is 1.77. The molecule has 0 heterocycles.